The van der Waals surface area contributed by atoms with E-state index in [1.54, 1.807) is 0 Å². The summed E-state index contributed by atoms with van der Waals surface area (Å²) in [7, 11) is -0.926. The Morgan fingerprint density at radius 2 is 1.71 bits per heavy atom. The highest BCUT2D eigenvalue weighted by molar-refractivity contribution is 6.76. The van der Waals surface area contributed by atoms with E-state index in [-0.39, 0.29) is 0 Å². The zero-order valence-electron chi connectivity index (χ0n) is 11.2. The van der Waals surface area contributed by atoms with Crippen LogP contribution < -0.4 is 5.32 Å². The van der Waals surface area contributed by atoms with Gasteiger partial charge < -0.3 is 5.32 Å². The minimum Gasteiger partial charge on any atom is -0.314 e. The smallest absolute Gasteiger partial charge is 0.0448 e. The van der Waals surface area contributed by atoms with E-state index in [1.807, 2.05) is 0 Å². The first kappa shape index (κ1) is 14.2. The summed E-state index contributed by atoms with van der Waals surface area (Å²) in [5.41, 5.74) is 0.509. The first-order valence-corrected chi connectivity index (χ1v) is 9.63. The topological polar surface area (TPSA) is 12.0 Å². The summed E-state index contributed by atoms with van der Waals surface area (Å²) in [6.45, 7) is 17.8. The van der Waals surface area contributed by atoms with Crippen molar-refractivity contribution in [3.8, 4) is 0 Å². The first-order valence-electron chi connectivity index (χ1n) is 5.92. The third-order valence-electron chi connectivity index (χ3n) is 2.75. The Kier molecular flexibility index (Phi) is 5.38. The molecule has 0 spiro atoms. The maximum atomic E-state index is 3.58. The van der Waals surface area contributed by atoms with E-state index in [1.165, 1.54) is 19.0 Å². The summed E-state index contributed by atoms with van der Waals surface area (Å²) >= 11 is 0. The van der Waals surface area contributed by atoms with Gasteiger partial charge in [-0.25, -0.2) is 0 Å². The maximum absolute atomic E-state index is 3.58. The summed E-state index contributed by atoms with van der Waals surface area (Å²) < 4.78 is 0. The summed E-state index contributed by atoms with van der Waals surface area (Å²) in [5.74, 6) is 0. The van der Waals surface area contributed by atoms with Crippen LogP contribution in [-0.2, 0) is 0 Å². The average molecular weight is 215 g/mol. The highest BCUT2D eigenvalue weighted by Crippen LogP contribution is 2.31. The Bertz CT molecular complexity index is 160. The van der Waals surface area contributed by atoms with Crippen molar-refractivity contribution in [1.29, 1.82) is 0 Å². The number of rotatable bonds is 6. The molecule has 86 valence electrons. The fraction of sp³-hybridized carbons (Fsp3) is 1.00. The van der Waals surface area contributed by atoms with Crippen LogP contribution >= 0.6 is 0 Å². The van der Waals surface area contributed by atoms with Gasteiger partial charge in [-0.15, -0.1) is 0 Å². The molecule has 14 heavy (non-hydrogen) atoms. The van der Waals surface area contributed by atoms with E-state index in [2.05, 4.69) is 52.7 Å². The van der Waals surface area contributed by atoms with Gasteiger partial charge in [0.2, 0.25) is 0 Å². The molecular formula is C12H29NSi. The molecule has 1 unspecified atom stereocenters. The highest BCUT2D eigenvalue weighted by atomic mass is 28.3. The predicted molar refractivity (Wildman–Crippen MR) is 69.7 cm³/mol. The summed E-state index contributed by atoms with van der Waals surface area (Å²) in [6, 6.07) is 2.04. The molecule has 0 heterocycles. The molecule has 0 amide bonds. The van der Waals surface area contributed by atoms with Crippen LogP contribution in [0.1, 0.15) is 34.1 Å². The monoisotopic (exact) mass is 215 g/mol. The summed E-state index contributed by atoms with van der Waals surface area (Å²) in [6.07, 6.45) is 1.29. The second kappa shape index (κ2) is 5.31. The Balaban J connectivity index is 4.18. The molecule has 0 aliphatic carbocycles. The molecule has 0 rings (SSSR count). The molecule has 0 radical (unpaired) electrons. The van der Waals surface area contributed by atoms with Crippen molar-refractivity contribution in [2.75, 3.05) is 6.54 Å². The lowest BCUT2D eigenvalue weighted by Gasteiger charge is -2.35. The molecule has 0 bridgehead atoms. The Morgan fingerprint density at radius 1 is 1.21 bits per heavy atom. The Morgan fingerprint density at radius 3 is 2.00 bits per heavy atom. The highest BCUT2D eigenvalue weighted by Gasteiger charge is 2.29. The molecule has 0 saturated heterocycles. The molecule has 0 saturated carbocycles. The van der Waals surface area contributed by atoms with Crippen molar-refractivity contribution in [3.05, 3.63) is 0 Å². The lowest BCUT2D eigenvalue weighted by Crippen LogP contribution is -2.40. The van der Waals surface area contributed by atoms with Crippen LogP contribution in [0.2, 0.25) is 25.7 Å². The van der Waals surface area contributed by atoms with Gasteiger partial charge >= 0.3 is 0 Å². The number of hydrogen-bond donors (Lipinski definition) is 1. The molecule has 1 nitrogen and oxygen atoms in total. The van der Waals surface area contributed by atoms with Gasteiger partial charge in [-0.3, -0.25) is 0 Å². The van der Waals surface area contributed by atoms with Crippen LogP contribution in [0.4, 0.5) is 0 Å². The van der Waals surface area contributed by atoms with Crippen molar-refractivity contribution in [3.63, 3.8) is 0 Å². The van der Waals surface area contributed by atoms with Crippen molar-refractivity contribution >= 4 is 8.07 Å². The zero-order chi connectivity index (χ0) is 11.4. The fourth-order valence-electron chi connectivity index (χ4n) is 2.04. The minimum absolute atomic E-state index is 0.509. The molecule has 1 N–H and O–H groups in total. The van der Waals surface area contributed by atoms with Gasteiger partial charge in [-0.05, 0) is 11.8 Å². The van der Waals surface area contributed by atoms with Crippen molar-refractivity contribution in [1.82, 2.24) is 5.32 Å². The predicted octanol–water partition coefficient (Wildman–Crippen LogP) is 3.74. The van der Waals surface area contributed by atoms with Crippen molar-refractivity contribution in [2.45, 2.75) is 65.8 Å². The van der Waals surface area contributed by atoms with Gasteiger partial charge in [0, 0.05) is 20.7 Å². The Hall–Kier alpha value is 0.177. The molecule has 0 aromatic heterocycles. The third-order valence-corrected chi connectivity index (χ3v) is 4.66. The largest absolute Gasteiger partial charge is 0.314 e. The van der Waals surface area contributed by atoms with Gasteiger partial charge in [-0.2, -0.15) is 0 Å². The van der Waals surface area contributed by atoms with Crippen LogP contribution in [0, 0.1) is 5.41 Å². The van der Waals surface area contributed by atoms with Gasteiger partial charge in [0.15, 0.2) is 0 Å². The zero-order valence-corrected chi connectivity index (χ0v) is 12.2. The second-order valence-electron chi connectivity index (χ2n) is 6.44. The van der Waals surface area contributed by atoms with E-state index in [9.17, 15) is 0 Å². The van der Waals surface area contributed by atoms with E-state index < -0.39 is 8.07 Å². The van der Waals surface area contributed by atoms with Crippen molar-refractivity contribution < 1.29 is 0 Å². The lowest BCUT2D eigenvalue weighted by atomic mass is 9.89. The molecule has 0 aliphatic rings. The summed E-state index contributed by atoms with van der Waals surface area (Å²) in [4.78, 5) is 0. The Labute approximate surface area is 91.7 Å². The van der Waals surface area contributed by atoms with Gasteiger partial charge in [-0.1, -0.05) is 53.4 Å². The van der Waals surface area contributed by atoms with Crippen LogP contribution in [0.25, 0.3) is 0 Å². The molecule has 0 aromatic carbocycles. The second-order valence-corrected chi connectivity index (χ2v) is 11.9. The van der Waals surface area contributed by atoms with Crippen LogP contribution in [0.15, 0.2) is 0 Å². The normalized spacial score (nSPS) is 17.1. The molecule has 0 aliphatic heterocycles. The van der Waals surface area contributed by atoms with E-state index in [0.29, 0.717) is 11.5 Å². The van der Waals surface area contributed by atoms with Gasteiger partial charge in [0.25, 0.3) is 0 Å². The minimum atomic E-state index is -0.926. The average Bonchev–Trinajstić information content (AvgIpc) is 1.98. The van der Waals surface area contributed by atoms with Crippen LogP contribution in [-0.4, -0.2) is 20.7 Å². The fourth-order valence-corrected chi connectivity index (χ4v) is 4.98. The molecule has 0 fully saturated rings. The number of nitrogens with one attached hydrogen (secondary N) is 1. The van der Waals surface area contributed by atoms with Gasteiger partial charge in [0.1, 0.15) is 0 Å². The van der Waals surface area contributed by atoms with E-state index in [0.717, 1.165) is 0 Å². The maximum Gasteiger partial charge on any atom is 0.0448 e. The van der Waals surface area contributed by atoms with Crippen molar-refractivity contribution in [2.24, 2.45) is 5.41 Å². The first-order chi connectivity index (χ1) is 6.18. The SMILES string of the molecule is CCC(C)(CNC(C)C)C[Si](C)(C)C. The number of hydrogen-bond acceptors (Lipinski definition) is 1. The molecule has 2 heteroatoms. The molecule has 0 aromatic rings. The molecule has 1 atom stereocenters. The molecular weight excluding hydrogens is 186 g/mol. The van der Waals surface area contributed by atoms with Crippen LogP contribution in [0.5, 0.6) is 0 Å². The lowest BCUT2D eigenvalue weighted by molar-refractivity contribution is 0.313. The quantitative estimate of drug-likeness (QED) is 0.666. The van der Waals surface area contributed by atoms with Crippen LogP contribution in [0.3, 0.4) is 0 Å². The summed E-state index contributed by atoms with van der Waals surface area (Å²) in [5, 5.41) is 3.58. The third kappa shape index (κ3) is 6.60. The standard InChI is InChI=1S/C12H29NSi/c1-8-12(4,9-13-11(2)3)10-14(5,6)7/h11,13H,8-10H2,1-7H3. The van der Waals surface area contributed by atoms with E-state index in [4.69, 9.17) is 0 Å². The van der Waals surface area contributed by atoms with E-state index >= 15 is 0 Å². The van der Waals surface area contributed by atoms with Gasteiger partial charge in [0.05, 0.1) is 0 Å².